The molecule has 8 bridgehead atoms. The van der Waals surface area contributed by atoms with Crippen LogP contribution >= 0.6 is 0 Å². The largest absolute Gasteiger partial charge is 0.354 e. The summed E-state index contributed by atoms with van der Waals surface area (Å²) in [7, 11) is 0. The van der Waals surface area contributed by atoms with E-state index in [9.17, 15) is 4.79 Å². The molecule has 2 N–H and O–H groups in total. The number of aldehydes is 1. The Morgan fingerprint density at radius 3 is 1.28 bits per heavy atom. The molecule has 0 spiro atoms. The molecule has 7 aromatic rings. The lowest BCUT2D eigenvalue weighted by molar-refractivity contribution is -0.104. The third-order valence-electron chi connectivity index (χ3n) is 10.3. The lowest BCUT2D eigenvalue weighted by atomic mass is 9.94. The predicted molar refractivity (Wildman–Crippen MR) is 217 cm³/mol. The van der Waals surface area contributed by atoms with Crippen LogP contribution < -0.4 is 0 Å². The summed E-state index contributed by atoms with van der Waals surface area (Å²) in [6.07, 6.45) is 7.94. The van der Waals surface area contributed by atoms with E-state index in [2.05, 4.69) is 137 Å². The number of allylic oxidation sites excluding steroid dienone is 4. The van der Waals surface area contributed by atoms with Gasteiger partial charge in [0.05, 0.1) is 22.8 Å². The zero-order valence-electron chi connectivity index (χ0n) is 28.7. The maximum atomic E-state index is 12.8. The Balaban J connectivity index is 1.45. The third-order valence-corrected chi connectivity index (χ3v) is 10.3. The fourth-order valence-corrected chi connectivity index (χ4v) is 7.95. The molecule has 3 aromatic heterocycles. The Labute approximate surface area is 306 Å². The van der Waals surface area contributed by atoms with Crippen LogP contribution in [0.25, 0.3) is 89.9 Å². The van der Waals surface area contributed by atoms with Crippen LogP contribution in [-0.2, 0) is 4.79 Å². The first-order valence-electron chi connectivity index (χ1n) is 17.8. The van der Waals surface area contributed by atoms with Crippen LogP contribution in [0.3, 0.4) is 0 Å². The van der Waals surface area contributed by atoms with Crippen molar-refractivity contribution >= 4 is 51.7 Å². The Bertz CT molecular complexity index is 2840. The fraction of sp³-hybridized carbons (Fsp3) is 0.0208. The van der Waals surface area contributed by atoms with Crippen LogP contribution in [0, 0.1) is 0 Å². The number of aromatic amines is 2. The number of rotatable bonds is 5. The van der Waals surface area contributed by atoms with E-state index in [0.29, 0.717) is 6.42 Å². The molecule has 3 aliphatic rings. The van der Waals surface area contributed by atoms with Crippen molar-refractivity contribution in [2.45, 2.75) is 6.42 Å². The molecule has 5 heterocycles. The quantitative estimate of drug-likeness (QED) is 0.178. The number of aromatic nitrogens is 4. The summed E-state index contributed by atoms with van der Waals surface area (Å²) in [5.74, 6) is 0. The lowest BCUT2D eigenvalue weighted by Crippen LogP contribution is -1.91. The molecule has 10 rings (SSSR count). The first-order chi connectivity index (χ1) is 26.2. The Hall–Kier alpha value is -7.11. The van der Waals surface area contributed by atoms with Gasteiger partial charge in [-0.2, -0.15) is 0 Å². The number of carbonyl (C=O) groups is 1. The Morgan fingerprint density at radius 1 is 0.453 bits per heavy atom. The number of nitrogens with zero attached hydrogens (tertiary/aromatic N) is 2. The Morgan fingerprint density at radius 2 is 0.849 bits per heavy atom. The number of hydrogen-bond donors (Lipinski definition) is 2. The standard InChI is InChI=1S/C48H32N4O/c53-29-34-21-22-35-42(34)48-46(33-19-11-4-12-20-33)41-28-26-39(51-41)44(31-15-7-2-8-16-31)37-24-23-36(49-37)43(30-13-5-1-6-14-30)38-25-27-40(50-38)45(47(35)52-48)32-17-9-3-10-18-32/h1-20,22-29,50-51H,21H2. The minimum Gasteiger partial charge on any atom is -0.354 e. The van der Waals surface area contributed by atoms with Crippen LogP contribution in [0.5, 0.6) is 0 Å². The minimum atomic E-state index is 0.550. The van der Waals surface area contributed by atoms with E-state index in [4.69, 9.17) is 9.97 Å². The molecule has 0 saturated carbocycles. The smallest absolute Gasteiger partial charge is 0.147 e. The number of hydrogen-bond acceptors (Lipinski definition) is 3. The lowest BCUT2D eigenvalue weighted by Gasteiger charge is -2.08. The second kappa shape index (κ2) is 12.6. The summed E-state index contributed by atoms with van der Waals surface area (Å²) in [4.78, 5) is 31.4. The third kappa shape index (κ3) is 5.13. The normalized spacial score (nSPS) is 13.2. The van der Waals surface area contributed by atoms with Gasteiger partial charge in [-0.3, -0.25) is 4.79 Å². The molecule has 0 saturated heterocycles. The molecule has 0 atom stereocenters. The number of H-pyrrole nitrogens is 2. The SMILES string of the molecule is O=CC1=C2C(=CC1)c1nc2c(-c2ccccc2)c2ccc([nH]2)c(-c2ccccc2)c2nc(c(-c3ccccc3)c3ccc([nH]3)c1-c1ccccc1)C=C2. The van der Waals surface area contributed by atoms with Crippen LogP contribution in [0.4, 0.5) is 0 Å². The number of fused-ring (bicyclic) bond motifs is 11. The van der Waals surface area contributed by atoms with Gasteiger partial charge in [0.1, 0.15) is 6.29 Å². The van der Waals surface area contributed by atoms with E-state index >= 15 is 0 Å². The van der Waals surface area contributed by atoms with E-state index in [1.54, 1.807) is 0 Å². The summed E-state index contributed by atoms with van der Waals surface area (Å²) < 4.78 is 0. The van der Waals surface area contributed by atoms with Gasteiger partial charge in [-0.15, -0.1) is 0 Å². The highest BCUT2D eigenvalue weighted by Crippen LogP contribution is 2.49. The summed E-state index contributed by atoms with van der Waals surface area (Å²) >= 11 is 0. The summed E-state index contributed by atoms with van der Waals surface area (Å²) in [6, 6.07) is 50.1. The number of benzene rings is 4. The van der Waals surface area contributed by atoms with Gasteiger partial charge in [0, 0.05) is 61.0 Å². The molecule has 5 heteroatoms. The van der Waals surface area contributed by atoms with Gasteiger partial charge in [-0.25, -0.2) is 9.97 Å². The maximum absolute atomic E-state index is 12.8. The van der Waals surface area contributed by atoms with Gasteiger partial charge in [0.2, 0.25) is 0 Å². The van der Waals surface area contributed by atoms with Gasteiger partial charge >= 0.3 is 0 Å². The van der Waals surface area contributed by atoms with Crippen LogP contribution in [-0.4, -0.2) is 26.2 Å². The van der Waals surface area contributed by atoms with Crippen LogP contribution in [0.15, 0.2) is 157 Å². The van der Waals surface area contributed by atoms with Gasteiger partial charge in [0.25, 0.3) is 0 Å². The molecule has 0 amide bonds. The van der Waals surface area contributed by atoms with E-state index in [1.807, 2.05) is 36.4 Å². The van der Waals surface area contributed by atoms with Crippen molar-refractivity contribution in [1.29, 1.82) is 0 Å². The molecule has 2 aliphatic heterocycles. The van der Waals surface area contributed by atoms with Crippen molar-refractivity contribution in [1.82, 2.24) is 19.9 Å². The first kappa shape index (κ1) is 30.7. The fourth-order valence-electron chi connectivity index (χ4n) is 7.95. The van der Waals surface area contributed by atoms with Gasteiger partial charge in [-0.05, 0) is 65.1 Å². The monoisotopic (exact) mass is 680 g/mol. The van der Waals surface area contributed by atoms with Crippen molar-refractivity contribution in [3.05, 3.63) is 180 Å². The van der Waals surface area contributed by atoms with Crippen molar-refractivity contribution in [2.24, 2.45) is 0 Å². The van der Waals surface area contributed by atoms with E-state index in [-0.39, 0.29) is 0 Å². The second-order valence-corrected chi connectivity index (χ2v) is 13.4. The summed E-state index contributed by atoms with van der Waals surface area (Å²) in [5, 5.41) is 0. The minimum absolute atomic E-state index is 0.550. The summed E-state index contributed by atoms with van der Waals surface area (Å²) in [6.45, 7) is 0. The summed E-state index contributed by atoms with van der Waals surface area (Å²) in [5.41, 5.74) is 17.7. The first-order valence-corrected chi connectivity index (χ1v) is 17.8. The van der Waals surface area contributed by atoms with Crippen LogP contribution in [0.2, 0.25) is 0 Å². The van der Waals surface area contributed by atoms with Crippen molar-refractivity contribution in [2.75, 3.05) is 0 Å². The molecular formula is C48H32N4O. The topological polar surface area (TPSA) is 74.4 Å². The molecule has 0 radical (unpaired) electrons. The van der Waals surface area contributed by atoms with E-state index < -0.39 is 0 Å². The van der Waals surface area contributed by atoms with Gasteiger partial charge in [0.15, 0.2) is 0 Å². The highest BCUT2D eigenvalue weighted by Gasteiger charge is 2.32. The van der Waals surface area contributed by atoms with Crippen LogP contribution in [0.1, 0.15) is 29.2 Å². The van der Waals surface area contributed by atoms with Crippen molar-refractivity contribution in [3.63, 3.8) is 0 Å². The zero-order valence-corrected chi connectivity index (χ0v) is 28.7. The molecule has 250 valence electrons. The average Bonchev–Trinajstić information content (AvgIpc) is 4.07. The number of nitrogens with one attached hydrogen (secondary N) is 2. The molecule has 1 aliphatic carbocycles. The molecule has 53 heavy (non-hydrogen) atoms. The zero-order chi connectivity index (χ0) is 35.3. The second-order valence-electron chi connectivity index (χ2n) is 13.4. The van der Waals surface area contributed by atoms with Gasteiger partial charge in [-0.1, -0.05) is 127 Å². The highest BCUT2D eigenvalue weighted by molar-refractivity contribution is 6.20. The highest BCUT2D eigenvalue weighted by atomic mass is 16.1. The van der Waals surface area contributed by atoms with E-state index in [0.717, 1.165) is 112 Å². The molecule has 4 aromatic carbocycles. The number of carbonyl (C=O) groups excluding carboxylic acids is 1. The van der Waals surface area contributed by atoms with E-state index in [1.165, 1.54) is 0 Å². The Kier molecular flexibility index (Phi) is 7.29. The van der Waals surface area contributed by atoms with Crippen molar-refractivity contribution < 1.29 is 4.79 Å². The molecule has 5 nitrogen and oxygen atoms in total. The maximum Gasteiger partial charge on any atom is 0.147 e. The predicted octanol–water partition coefficient (Wildman–Crippen LogP) is 11.6. The molecule has 0 unspecified atom stereocenters. The average molecular weight is 681 g/mol. The molecular weight excluding hydrogens is 649 g/mol. The van der Waals surface area contributed by atoms with Crippen molar-refractivity contribution in [3.8, 4) is 44.5 Å². The van der Waals surface area contributed by atoms with Gasteiger partial charge < -0.3 is 9.97 Å². The molecule has 0 fully saturated rings.